The smallest absolute Gasteiger partial charge is 0.312 e. The summed E-state index contributed by atoms with van der Waals surface area (Å²) in [5, 5.41) is 4.48. The Kier molecular flexibility index (Phi) is 10.8. The van der Waals surface area contributed by atoms with Crippen LogP contribution in [0.5, 0.6) is 5.75 Å². The molecule has 0 bridgehead atoms. The Morgan fingerprint density at radius 1 is 1.03 bits per heavy atom. The number of unbranched alkanes of at least 4 members (excludes halogenated alkanes) is 5. The Bertz CT molecular complexity index is 1000. The molecular weight excluding hydrogens is 494 g/mol. The summed E-state index contributed by atoms with van der Waals surface area (Å²) >= 11 is 0. The molecule has 2 aliphatic heterocycles. The van der Waals surface area contributed by atoms with Gasteiger partial charge < -0.3 is 18.9 Å². The summed E-state index contributed by atoms with van der Waals surface area (Å²) in [6.45, 7) is 8.61. The van der Waals surface area contributed by atoms with E-state index in [1.165, 1.54) is 12.8 Å². The maximum absolute atomic E-state index is 12.9. The van der Waals surface area contributed by atoms with Crippen LogP contribution < -0.4 is 4.74 Å². The predicted octanol–water partition coefficient (Wildman–Crippen LogP) is 6.89. The number of hydrogen-bond donors (Lipinski definition) is 0. The highest BCUT2D eigenvalue weighted by Crippen LogP contribution is 2.38. The largest absolute Gasteiger partial charge is 0.492 e. The van der Waals surface area contributed by atoms with Crippen LogP contribution in [0.25, 0.3) is 11.4 Å². The van der Waals surface area contributed by atoms with Gasteiger partial charge in [0, 0.05) is 26.0 Å². The number of hydrogen-bond acceptors (Lipinski definition) is 7. The summed E-state index contributed by atoms with van der Waals surface area (Å²) < 4.78 is 25.1. The molecule has 2 aliphatic rings. The maximum Gasteiger partial charge on any atom is 0.312 e. The normalized spacial score (nSPS) is 19.5. The van der Waals surface area contributed by atoms with Crippen LogP contribution in [0.1, 0.15) is 104 Å². The molecule has 0 amide bonds. The molecular formula is C31H47N3O5. The van der Waals surface area contributed by atoms with E-state index in [1.54, 1.807) is 6.20 Å². The number of carbonyl (C=O) groups is 1. The molecule has 0 saturated carbocycles. The topological polar surface area (TPSA) is 84.7 Å². The Balaban J connectivity index is 1.11. The molecule has 2 saturated heterocycles. The van der Waals surface area contributed by atoms with Crippen molar-refractivity contribution in [1.29, 1.82) is 0 Å². The van der Waals surface area contributed by atoms with Gasteiger partial charge in [-0.2, -0.15) is 5.10 Å². The molecule has 1 unspecified atom stereocenters. The fraction of sp³-hybridized carbons (Fsp3) is 0.710. The average Bonchev–Trinajstić information content (AvgIpc) is 3.43. The van der Waals surface area contributed by atoms with Crippen LogP contribution in [-0.2, 0) is 19.0 Å². The van der Waals surface area contributed by atoms with Gasteiger partial charge in [-0.1, -0.05) is 32.1 Å². The Hall–Kier alpha value is -2.45. The molecule has 0 aliphatic carbocycles. The van der Waals surface area contributed by atoms with E-state index >= 15 is 0 Å². The summed E-state index contributed by atoms with van der Waals surface area (Å²) in [7, 11) is 0. The third-order valence-electron chi connectivity index (χ3n) is 7.70. The number of nitrogens with zero attached hydrogens (tertiary/aromatic N) is 3. The molecule has 0 spiro atoms. The Morgan fingerprint density at radius 2 is 1.79 bits per heavy atom. The van der Waals surface area contributed by atoms with Gasteiger partial charge in [-0.05, 0) is 83.9 Å². The second-order valence-electron chi connectivity index (χ2n) is 12.0. The van der Waals surface area contributed by atoms with Gasteiger partial charge in [-0.15, -0.1) is 0 Å². The molecule has 4 rings (SSSR count). The highest BCUT2D eigenvalue weighted by molar-refractivity contribution is 5.77. The molecule has 216 valence electrons. The molecule has 0 radical (unpaired) electrons. The average molecular weight is 542 g/mol. The van der Waals surface area contributed by atoms with Crippen molar-refractivity contribution < 1.29 is 23.7 Å². The van der Waals surface area contributed by atoms with Crippen molar-refractivity contribution in [2.45, 2.75) is 110 Å². The van der Waals surface area contributed by atoms with E-state index in [2.05, 4.69) is 10.1 Å². The first-order valence-electron chi connectivity index (χ1n) is 14.9. The lowest BCUT2D eigenvalue weighted by molar-refractivity contribution is -0.174. The molecule has 1 atom stereocenters. The van der Waals surface area contributed by atoms with Crippen molar-refractivity contribution in [2.75, 3.05) is 26.4 Å². The molecule has 0 N–H and O–H groups in total. The molecule has 0 aromatic carbocycles. The molecule has 39 heavy (non-hydrogen) atoms. The van der Waals surface area contributed by atoms with E-state index < -0.39 is 5.60 Å². The van der Waals surface area contributed by atoms with Gasteiger partial charge in [0.05, 0.1) is 29.6 Å². The van der Waals surface area contributed by atoms with Crippen molar-refractivity contribution in [3.63, 3.8) is 0 Å². The summed E-state index contributed by atoms with van der Waals surface area (Å²) in [4.78, 5) is 17.6. The third kappa shape index (κ3) is 8.77. The summed E-state index contributed by atoms with van der Waals surface area (Å²) in [6.07, 6.45) is 16.0. The molecule has 2 aromatic rings. The summed E-state index contributed by atoms with van der Waals surface area (Å²) in [5.74, 6) is 0.754. The standard InChI is InChI=1S/C31H47N3O5/c1-30(2,3)39-29(35)31(17-22-36-23-18-31)16-9-6-4-5-7-10-20-37-25-13-14-26(32-24-25)27-15-19-33-34(27)28-12-8-11-21-38-28/h13-15,19,24,28H,4-12,16-18,20-23H2,1-3H3. The lowest BCUT2D eigenvalue weighted by Crippen LogP contribution is -2.41. The van der Waals surface area contributed by atoms with Gasteiger partial charge in [-0.3, -0.25) is 9.78 Å². The zero-order valence-corrected chi connectivity index (χ0v) is 24.2. The minimum absolute atomic E-state index is 0.00516. The fourth-order valence-corrected chi connectivity index (χ4v) is 5.45. The van der Waals surface area contributed by atoms with Gasteiger partial charge in [0.1, 0.15) is 11.4 Å². The second kappa shape index (κ2) is 14.3. The number of rotatable bonds is 13. The van der Waals surface area contributed by atoms with Crippen molar-refractivity contribution in [3.05, 3.63) is 30.6 Å². The molecule has 8 heteroatoms. The fourth-order valence-electron chi connectivity index (χ4n) is 5.45. The Morgan fingerprint density at radius 3 is 2.49 bits per heavy atom. The van der Waals surface area contributed by atoms with E-state index in [0.29, 0.717) is 19.8 Å². The number of ether oxygens (including phenoxy) is 4. The Labute approximate surface area is 233 Å². The van der Waals surface area contributed by atoms with Crippen molar-refractivity contribution in [1.82, 2.24) is 14.8 Å². The van der Waals surface area contributed by atoms with Crippen LogP contribution in [-0.4, -0.2) is 52.8 Å². The van der Waals surface area contributed by atoms with Crippen molar-refractivity contribution >= 4 is 5.97 Å². The molecule has 2 fully saturated rings. The monoisotopic (exact) mass is 541 g/mol. The third-order valence-corrected chi connectivity index (χ3v) is 7.70. The SMILES string of the molecule is CC(C)(C)OC(=O)C1(CCCCCCCCOc2ccc(-c3ccnn3C3CCCCO3)nc2)CCOCC1. The van der Waals surface area contributed by atoms with Gasteiger partial charge >= 0.3 is 5.97 Å². The van der Waals surface area contributed by atoms with Crippen molar-refractivity contribution in [2.24, 2.45) is 5.41 Å². The minimum Gasteiger partial charge on any atom is -0.492 e. The number of pyridine rings is 1. The van der Waals surface area contributed by atoms with E-state index in [4.69, 9.17) is 18.9 Å². The van der Waals surface area contributed by atoms with Gasteiger partial charge in [-0.25, -0.2) is 4.68 Å². The first-order valence-corrected chi connectivity index (χ1v) is 14.9. The number of aromatic nitrogens is 3. The van der Waals surface area contributed by atoms with Crippen LogP contribution in [0.2, 0.25) is 0 Å². The van der Waals surface area contributed by atoms with E-state index in [1.807, 2.05) is 49.8 Å². The van der Waals surface area contributed by atoms with Crippen LogP contribution in [0.3, 0.4) is 0 Å². The van der Waals surface area contributed by atoms with Gasteiger partial charge in [0.2, 0.25) is 0 Å². The van der Waals surface area contributed by atoms with E-state index in [0.717, 1.165) is 88.0 Å². The lowest BCUT2D eigenvalue weighted by atomic mass is 9.75. The quantitative estimate of drug-likeness (QED) is 0.202. The zero-order chi connectivity index (χ0) is 27.6. The number of carbonyl (C=O) groups excluding carboxylic acids is 1. The first kappa shape index (κ1) is 29.5. The number of esters is 1. The van der Waals surface area contributed by atoms with Gasteiger partial charge in [0.15, 0.2) is 6.23 Å². The summed E-state index contributed by atoms with van der Waals surface area (Å²) in [6, 6.07) is 5.97. The van der Waals surface area contributed by atoms with Crippen LogP contribution in [0.15, 0.2) is 30.6 Å². The lowest BCUT2D eigenvalue weighted by Gasteiger charge is -2.37. The van der Waals surface area contributed by atoms with Crippen LogP contribution in [0, 0.1) is 5.41 Å². The first-order chi connectivity index (χ1) is 18.9. The highest BCUT2D eigenvalue weighted by atomic mass is 16.6. The molecule has 2 aromatic heterocycles. The van der Waals surface area contributed by atoms with Crippen LogP contribution in [0.4, 0.5) is 0 Å². The highest BCUT2D eigenvalue weighted by Gasteiger charge is 2.42. The van der Waals surface area contributed by atoms with E-state index in [9.17, 15) is 4.79 Å². The minimum atomic E-state index is -0.448. The van der Waals surface area contributed by atoms with Gasteiger partial charge in [0.25, 0.3) is 0 Å². The second-order valence-corrected chi connectivity index (χ2v) is 12.0. The van der Waals surface area contributed by atoms with Crippen molar-refractivity contribution in [3.8, 4) is 17.1 Å². The predicted molar refractivity (Wildman–Crippen MR) is 150 cm³/mol. The van der Waals surface area contributed by atoms with Crippen LogP contribution >= 0.6 is 0 Å². The zero-order valence-electron chi connectivity index (χ0n) is 24.2. The molecule has 8 nitrogen and oxygen atoms in total. The van der Waals surface area contributed by atoms with E-state index in [-0.39, 0.29) is 17.6 Å². The maximum atomic E-state index is 12.9. The summed E-state index contributed by atoms with van der Waals surface area (Å²) in [5.41, 5.74) is 1.04. The molecule has 4 heterocycles.